The highest BCUT2D eigenvalue weighted by Gasteiger charge is 2.19. The zero-order valence-corrected chi connectivity index (χ0v) is 24.9. The molecule has 4 rings (SSSR count). The number of anilines is 5. The molecule has 0 amide bonds. The predicted octanol–water partition coefficient (Wildman–Crippen LogP) is 2.45. The lowest BCUT2D eigenvalue weighted by Crippen LogP contribution is -2.31. The van der Waals surface area contributed by atoms with E-state index in [2.05, 4.69) is 25.6 Å². The number of nitrogens with zero attached hydrogens (tertiary/aromatic N) is 5. The van der Waals surface area contributed by atoms with E-state index in [4.69, 9.17) is 0 Å². The fourth-order valence-electron chi connectivity index (χ4n) is 4.05. The van der Waals surface area contributed by atoms with Gasteiger partial charge in [0.2, 0.25) is 17.8 Å². The van der Waals surface area contributed by atoms with E-state index in [1.807, 2.05) is 6.07 Å². The molecule has 0 spiro atoms. The van der Waals surface area contributed by atoms with Gasteiger partial charge in [0, 0.05) is 36.6 Å². The van der Waals surface area contributed by atoms with Gasteiger partial charge in [-0.1, -0.05) is 36.4 Å². The molecule has 4 aromatic rings. The van der Waals surface area contributed by atoms with Gasteiger partial charge in [-0.3, -0.25) is 14.7 Å². The van der Waals surface area contributed by atoms with Gasteiger partial charge in [0.15, 0.2) is 10.7 Å². The number of hydrogen-bond donors (Lipinski definition) is 6. The van der Waals surface area contributed by atoms with Gasteiger partial charge in [0.25, 0.3) is 15.8 Å². The molecule has 1 aromatic heterocycles. The van der Waals surface area contributed by atoms with E-state index in [0.29, 0.717) is 11.8 Å². The third-order valence-electron chi connectivity index (χ3n) is 6.09. The summed E-state index contributed by atoms with van der Waals surface area (Å²) in [7, 11) is -8.02. The minimum absolute atomic E-state index is 0.0124. The number of non-ortho nitro benzene ring substituents is 1. The van der Waals surface area contributed by atoms with Gasteiger partial charge in [0.1, 0.15) is 4.90 Å². The summed E-state index contributed by atoms with van der Waals surface area (Å²) in [6.45, 7) is -0.248. The third kappa shape index (κ3) is 8.77. The van der Waals surface area contributed by atoms with Crippen molar-refractivity contribution < 1.29 is 36.5 Å². The molecule has 3 aromatic carbocycles. The Hall–Kier alpha value is -5.01. The Morgan fingerprint density at radius 3 is 2.02 bits per heavy atom. The number of aliphatic hydroxyl groups excluding tert-OH is 2. The van der Waals surface area contributed by atoms with E-state index in [9.17, 15) is 41.7 Å². The second-order valence-corrected chi connectivity index (χ2v) is 11.5. The number of para-hydroxylation sites is 1. The van der Waals surface area contributed by atoms with Crippen molar-refractivity contribution in [2.24, 2.45) is 0 Å². The lowest BCUT2D eigenvalue weighted by Gasteiger charge is -2.21. The fourth-order valence-corrected chi connectivity index (χ4v) is 5.36. The smallest absolute Gasteiger partial charge is 0.295 e. The molecule has 0 aliphatic carbocycles. The van der Waals surface area contributed by atoms with Crippen molar-refractivity contribution in [2.45, 2.75) is 9.79 Å². The van der Waals surface area contributed by atoms with Crippen LogP contribution in [0.4, 0.5) is 34.9 Å². The molecule has 5 N–H and O–H groups in total. The molecule has 0 radical (unpaired) electrons. The fraction of sp³-hybridized carbons (Fsp3) is 0.148. The first kappa shape index (κ1) is 32.9. The van der Waals surface area contributed by atoms with Crippen LogP contribution in [0.5, 0.6) is 0 Å². The summed E-state index contributed by atoms with van der Waals surface area (Å²) < 4.78 is 57.6. The van der Waals surface area contributed by atoms with Crippen LogP contribution in [0.3, 0.4) is 0 Å². The number of thiol groups is 1. The minimum Gasteiger partial charge on any atom is -0.395 e. The van der Waals surface area contributed by atoms with E-state index < -0.39 is 36.3 Å². The Bertz CT molecular complexity index is 1890. The number of nitro groups is 1. The zero-order valence-electron chi connectivity index (χ0n) is 23.2. The summed E-state index contributed by atoms with van der Waals surface area (Å²) in [5.74, 6) is 0.266. The van der Waals surface area contributed by atoms with E-state index in [1.54, 1.807) is 24.3 Å². The molecular formula is C27H27N7O9S2. The van der Waals surface area contributed by atoms with Gasteiger partial charge >= 0.3 is 0 Å². The maximum atomic E-state index is 12.2. The van der Waals surface area contributed by atoms with E-state index in [-0.39, 0.29) is 65.9 Å². The molecular weight excluding hydrogens is 630 g/mol. The molecule has 0 unspecified atom stereocenters. The highest BCUT2D eigenvalue weighted by molar-refractivity contribution is 7.86. The Balaban J connectivity index is 1.69. The average molecular weight is 658 g/mol. The Labute approximate surface area is 258 Å². The molecule has 1 heterocycles. The molecule has 16 nitrogen and oxygen atoms in total. The van der Waals surface area contributed by atoms with E-state index in [0.717, 1.165) is 12.1 Å². The number of rotatable bonds is 14. The van der Waals surface area contributed by atoms with Crippen LogP contribution < -0.4 is 15.5 Å². The van der Waals surface area contributed by atoms with Gasteiger partial charge in [-0.2, -0.15) is 23.4 Å². The standard InChI is InChI=1S/C27H27N7O9S2/c35-14-12-33(13-15-36)27-31-25(28-20-4-2-1-3-5-20)30-26(32-27)29-21-10-8-18(23(16-21)44(39)40)6-7-19-9-11-22(34(37)38)17-24(19)45(41,42)43/h1-11,16-17,35-36,44H,12-15H2,(H,41,42,43)(H2,28,29,30,31,32)/b7-6+. The molecule has 236 valence electrons. The normalized spacial score (nSPS) is 11.6. The Morgan fingerprint density at radius 1 is 0.844 bits per heavy atom. The molecule has 0 saturated heterocycles. The largest absolute Gasteiger partial charge is 0.395 e. The van der Waals surface area contributed by atoms with E-state index in [1.165, 1.54) is 35.3 Å². The molecule has 0 bridgehead atoms. The third-order valence-corrected chi connectivity index (χ3v) is 7.78. The van der Waals surface area contributed by atoms with Crippen LogP contribution in [0.25, 0.3) is 12.2 Å². The zero-order chi connectivity index (χ0) is 32.6. The molecule has 18 heteroatoms. The van der Waals surface area contributed by atoms with Crippen LogP contribution in [0.1, 0.15) is 11.1 Å². The van der Waals surface area contributed by atoms with Gasteiger partial charge < -0.3 is 25.7 Å². The van der Waals surface area contributed by atoms with Crippen molar-refractivity contribution in [3.8, 4) is 0 Å². The molecule has 45 heavy (non-hydrogen) atoms. The second-order valence-electron chi connectivity index (χ2n) is 9.15. The number of nitro benzene ring substituents is 1. The van der Waals surface area contributed by atoms with Crippen LogP contribution in [0.2, 0.25) is 0 Å². The first-order chi connectivity index (χ1) is 21.5. The Morgan fingerprint density at radius 2 is 1.44 bits per heavy atom. The topological polar surface area (TPSA) is 238 Å². The highest BCUT2D eigenvalue weighted by Crippen LogP contribution is 2.27. The Kier molecular flexibility index (Phi) is 10.7. The van der Waals surface area contributed by atoms with Crippen molar-refractivity contribution in [1.29, 1.82) is 0 Å². The number of aromatic nitrogens is 3. The number of hydrogen-bond acceptors (Lipinski definition) is 14. The molecule has 0 saturated carbocycles. The van der Waals surface area contributed by atoms with Crippen LogP contribution in [0.15, 0.2) is 76.5 Å². The predicted molar refractivity (Wildman–Crippen MR) is 166 cm³/mol. The summed E-state index contributed by atoms with van der Waals surface area (Å²) >= 11 is 0. The molecule has 0 aliphatic rings. The molecule has 0 atom stereocenters. The summed E-state index contributed by atoms with van der Waals surface area (Å²) in [6.07, 6.45) is 2.49. The summed E-state index contributed by atoms with van der Waals surface area (Å²) in [4.78, 5) is 24.0. The van der Waals surface area contributed by atoms with Crippen LogP contribution >= 0.6 is 0 Å². The summed E-state index contributed by atoms with van der Waals surface area (Å²) in [5, 5.41) is 36.0. The monoisotopic (exact) mass is 657 g/mol. The highest BCUT2D eigenvalue weighted by atomic mass is 32.2. The quantitative estimate of drug-likeness (QED) is 0.0375. The second kappa shape index (κ2) is 14.6. The van der Waals surface area contributed by atoms with Crippen molar-refractivity contribution in [3.05, 3.63) is 88.0 Å². The minimum atomic E-state index is -4.84. The summed E-state index contributed by atoms with van der Waals surface area (Å²) in [6, 6.07) is 16.1. The molecule has 0 fully saturated rings. The van der Waals surface area contributed by atoms with Crippen molar-refractivity contribution in [3.63, 3.8) is 0 Å². The maximum absolute atomic E-state index is 12.2. The van der Waals surface area contributed by atoms with Crippen molar-refractivity contribution in [1.82, 2.24) is 15.0 Å². The van der Waals surface area contributed by atoms with Crippen molar-refractivity contribution >= 4 is 67.9 Å². The molecule has 0 aliphatic heterocycles. The first-order valence-corrected chi connectivity index (χ1v) is 15.6. The first-order valence-electron chi connectivity index (χ1n) is 13.0. The van der Waals surface area contributed by atoms with Gasteiger partial charge in [0.05, 0.1) is 23.0 Å². The number of nitrogens with one attached hydrogen (secondary N) is 2. The average Bonchev–Trinajstić information content (AvgIpc) is 3.00. The van der Waals surface area contributed by atoms with E-state index >= 15 is 0 Å². The summed E-state index contributed by atoms with van der Waals surface area (Å²) in [5.41, 5.74) is 0.412. The van der Waals surface area contributed by atoms with Crippen LogP contribution in [0, 0.1) is 10.1 Å². The number of benzene rings is 3. The van der Waals surface area contributed by atoms with Gasteiger partial charge in [-0.25, -0.2) is 8.42 Å². The van der Waals surface area contributed by atoms with Crippen LogP contribution in [-0.2, 0) is 20.8 Å². The lowest BCUT2D eigenvalue weighted by molar-refractivity contribution is -0.385. The van der Waals surface area contributed by atoms with Crippen LogP contribution in [-0.4, -0.2) is 77.8 Å². The SMILES string of the molecule is O=[N+]([O-])c1ccc(/C=C/c2ccc(Nc3nc(Nc4ccccc4)nc(N(CCO)CCO)n3)cc2[SH](=O)=O)c(S(=O)(=O)O)c1. The lowest BCUT2D eigenvalue weighted by atomic mass is 10.1. The van der Waals surface area contributed by atoms with Gasteiger partial charge in [-0.15, -0.1) is 0 Å². The van der Waals surface area contributed by atoms with Crippen molar-refractivity contribution in [2.75, 3.05) is 41.8 Å². The number of aliphatic hydroxyl groups is 2. The van der Waals surface area contributed by atoms with Gasteiger partial charge in [-0.05, 0) is 41.5 Å². The maximum Gasteiger partial charge on any atom is 0.295 e.